The minimum Gasteiger partial charge on any atom is -0.462 e. The largest absolute Gasteiger partial charge is 0.462 e. The first-order chi connectivity index (χ1) is 11.0. The molecule has 1 saturated carbocycles. The van der Waals surface area contributed by atoms with Crippen LogP contribution in [0.1, 0.15) is 51.8 Å². The molecule has 8 heteroatoms. The van der Waals surface area contributed by atoms with Crippen LogP contribution in [0.3, 0.4) is 0 Å². The quantitative estimate of drug-likeness (QED) is 0.763. The molecule has 1 aliphatic rings. The average Bonchev–Trinajstić information content (AvgIpc) is 2.79. The molecule has 7 nitrogen and oxygen atoms in total. The van der Waals surface area contributed by atoms with Crippen molar-refractivity contribution in [1.82, 2.24) is 5.32 Å². The molecule has 126 valence electrons. The predicted octanol–water partition coefficient (Wildman–Crippen LogP) is 1.71. The Hall–Kier alpha value is -2.09. The Balaban J connectivity index is 2.26. The number of carbonyl (C=O) groups excluding carboxylic acids is 3. The van der Waals surface area contributed by atoms with E-state index in [1.807, 2.05) is 0 Å². The molecule has 1 amide bonds. The lowest BCUT2D eigenvalue weighted by atomic mass is 9.86. The van der Waals surface area contributed by atoms with Gasteiger partial charge in [-0.2, -0.15) is 0 Å². The van der Waals surface area contributed by atoms with Crippen molar-refractivity contribution in [3.05, 3.63) is 16.0 Å². The van der Waals surface area contributed by atoms with Crippen molar-refractivity contribution in [2.24, 2.45) is 5.92 Å². The zero-order valence-corrected chi connectivity index (χ0v) is 14.0. The Morgan fingerprint density at radius 3 is 2.52 bits per heavy atom. The first-order valence-corrected chi connectivity index (χ1v) is 8.28. The van der Waals surface area contributed by atoms with Gasteiger partial charge in [-0.1, -0.05) is 6.42 Å². The van der Waals surface area contributed by atoms with Crippen LogP contribution >= 0.6 is 11.3 Å². The van der Waals surface area contributed by atoms with E-state index in [0.717, 1.165) is 30.6 Å². The predicted molar refractivity (Wildman–Crippen MR) is 85.2 cm³/mol. The molecule has 1 heterocycles. The molecule has 2 rings (SSSR count). The van der Waals surface area contributed by atoms with E-state index in [4.69, 9.17) is 15.2 Å². The summed E-state index contributed by atoms with van der Waals surface area (Å²) in [6, 6.07) is 0. The maximum atomic E-state index is 12.1. The molecule has 1 aromatic rings. The molecule has 0 atom stereocenters. The zero-order valence-electron chi connectivity index (χ0n) is 13.1. The fourth-order valence-corrected chi connectivity index (χ4v) is 3.26. The van der Waals surface area contributed by atoms with Gasteiger partial charge >= 0.3 is 11.9 Å². The van der Waals surface area contributed by atoms with Gasteiger partial charge in [-0.15, -0.1) is 11.3 Å². The number of nitrogens with one attached hydrogen (secondary N) is 1. The van der Waals surface area contributed by atoms with Gasteiger partial charge in [-0.05, 0) is 19.8 Å². The number of nitrogen functional groups attached to an aromatic ring is 1. The Labute approximate surface area is 138 Å². The number of nitrogens with two attached hydrogens (primary N) is 1. The van der Waals surface area contributed by atoms with Gasteiger partial charge in [0.25, 0.3) is 5.91 Å². The lowest BCUT2D eigenvalue weighted by molar-refractivity contribution is -0.152. The van der Waals surface area contributed by atoms with Crippen LogP contribution in [0.5, 0.6) is 0 Å². The fourth-order valence-electron chi connectivity index (χ4n) is 2.25. The van der Waals surface area contributed by atoms with Crippen LogP contribution in [-0.4, -0.2) is 31.5 Å². The van der Waals surface area contributed by atoms with Crippen LogP contribution in [0.4, 0.5) is 5.00 Å². The van der Waals surface area contributed by atoms with Gasteiger partial charge in [-0.25, -0.2) is 4.79 Å². The monoisotopic (exact) mass is 340 g/mol. The summed E-state index contributed by atoms with van der Waals surface area (Å²) in [7, 11) is 1.48. The molecular weight excluding hydrogens is 320 g/mol. The van der Waals surface area contributed by atoms with E-state index in [1.165, 1.54) is 7.05 Å². The lowest BCUT2D eigenvalue weighted by Gasteiger charge is -2.23. The second-order valence-corrected chi connectivity index (χ2v) is 6.24. The topological polar surface area (TPSA) is 108 Å². The number of hydrogen-bond donors (Lipinski definition) is 2. The van der Waals surface area contributed by atoms with Gasteiger partial charge in [0.15, 0.2) is 0 Å². The Bertz CT molecular complexity index is 622. The molecule has 0 aliphatic heterocycles. The summed E-state index contributed by atoms with van der Waals surface area (Å²) < 4.78 is 10.3. The third-order valence-corrected chi connectivity index (χ3v) is 4.80. The number of esters is 2. The number of ether oxygens (including phenoxy) is 2. The lowest BCUT2D eigenvalue weighted by Crippen LogP contribution is -2.25. The smallest absolute Gasteiger partial charge is 0.341 e. The number of rotatable bonds is 6. The first kappa shape index (κ1) is 17.3. The molecule has 1 aliphatic carbocycles. The average molecular weight is 340 g/mol. The molecule has 0 bridgehead atoms. The van der Waals surface area contributed by atoms with Gasteiger partial charge in [0.1, 0.15) is 22.0 Å². The highest BCUT2D eigenvalue weighted by Crippen LogP contribution is 2.33. The zero-order chi connectivity index (χ0) is 17.0. The van der Waals surface area contributed by atoms with Gasteiger partial charge in [0, 0.05) is 12.6 Å². The van der Waals surface area contributed by atoms with Crippen LogP contribution in [-0.2, 0) is 20.9 Å². The second-order valence-electron chi connectivity index (χ2n) is 5.18. The Morgan fingerprint density at radius 1 is 1.30 bits per heavy atom. The summed E-state index contributed by atoms with van der Waals surface area (Å²) in [5.41, 5.74) is 6.28. The highest BCUT2D eigenvalue weighted by atomic mass is 32.1. The highest BCUT2D eigenvalue weighted by molar-refractivity contribution is 7.18. The third kappa shape index (κ3) is 3.64. The third-order valence-electron chi connectivity index (χ3n) is 3.74. The highest BCUT2D eigenvalue weighted by Gasteiger charge is 2.30. The Morgan fingerprint density at radius 2 is 2.00 bits per heavy atom. The summed E-state index contributed by atoms with van der Waals surface area (Å²) >= 11 is 0.981. The molecule has 3 N–H and O–H groups in total. The number of carbonyl (C=O) groups is 3. The van der Waals surface area contributed by atoms with E-state index in [-0.39, 0.29) is 46.4 Å². The van der Waals surface area contributed by atoms with Gasteiger partial charge in [0.05, 0.1) is 12.5 Å². The fraction of sp³-hybridized carbons (Fsp3) is 0.533. The van der Waals surface area contributed by atoms with E-state index in [9.17, 15) is 14.4 Å². The number of amides is 1. The minimum atomic E-state index is -0.619. The van der Waals surface area contributed by atoms with Crippen molar-refractivity contribution in [3.63, 3.8) is 0 Å². The van der Waals surface area contributed by atoms with Gasteiger partial charge in [0.2, 0.25) is 0 Å². The molecule has 0 aromatic carbocycles. The number of anilines is 1. The number of hydrogen-bond acceptors (Lipinski definition) is 7. The minimum absolute atomic E-state index is 0.0829. The van der Waals surface area contributed by atoms with E-state index >= 15 is 0 Å². The van der Waals surface area contributed by atoms with Crippen LogP contribution in [0.15, 0.2) is 0 Å². The summed E-state index contributed by atoms with van der Waals surface area (Å²) in [6.07, 6.45) is 2.65. The molecule has 1 fully saturated rings. The summed E-state index contributed by atoms with van der Waals surface area (Å²) in [5, 5.41) is 2.67. The van der Waals surface area contributed by atoms with Crippen LogP contribution in [0.25, 0.3) is 0 Å². The molecule has 0 unspecified atom stereocenters. The van der Waals surface area contributed by atoms with Crippen molar-refractivity contribution in [2.75, 3.05) is 19.4 Å². The van der Waals surface area contributed by atoms with Crippen molar-refractivity contribution in [1.29, 1.82) is 0 Å². The second kappa shape index (κ2) is 7.45. The van der Waals surface area contributed by atoms with Crippen molar-refractivity contribution < 1.29 is 23.9 Å². The summed E-state index contributed by atoms with van der Waals surface area (Å²) in [6.45, 7) is 1.70. The van der Waals surface area contributed by atoms with Crippen molar-refractivity contribution in [2.45, 2.75) is 32.8 Å². The molecular formula is C15H20N2O5S. The summed E-state index contributed by atoms with van der Waals surface area (Å²) in [4.78, 5) is 36.2. The van der Waals surface area contributed by atoms with E-state index < -0.39 is 5.97 Å². The molecule has 0 spiro atoms. The van der Waals surface area contributed by atoms with Crippen LogP contribution in [0.2, 0.25) is 0 Å². The standard InChI is InChI=1S/C15H20N2O5S/c1-3-21-15(20)10-9(7-22-14(19)8-5-4-6-8)11(13(18)17-2)23-12(10)16/h8H,3-7,16H2,1-2H3,(H,17,18). The summed E-state index contributed by atoms with van der Waals surface area (Å²) in [5.74, 6) is -1.39. The normalized spacial score (nSPS) is 14.0. The van der Waals surface area contributed by atoms with E-state index in [1.54, 1.807) is 6.92 Å². The SMILES string of the molecule is CCOC(=O)c1c(N)sc(C(=O)NC)c1COC(=O)C1CCC1. The van der Waals surface area contributed by atoms with E-state index in [0.29, 0.717) is 5.56 Å². The van der Waals surface area contributed by atoms with Gasteiger partial charge in [-0.3, -0.25) is 9.59 Å². The van der Waals surface area contributed by atoms with Crippen LogP contribution in [0, 0.1) is 5.92 Å². The van der Waals surface area contributed by atoms with Crippen molar-refractivity contribution in [3.8, 4) is 0 Å². The van der Waals surface area contributed by atoms with E-state index in [2.05, 4.69) is 5.32 Å². The number of thiophene rings is 1. The van der Waals surface area contributed by atoms with Crippen molar-refractivity contribution >= 4 is 34.2 Å². The molecule has 23 heavy (non-hydrogen) atoms. The molecule has 0 saturated heterocycles. The van der Waals surface area contributed by atoms with Gasteiger partial charge < -0.3 is 20.5 Å². The first-order valence-electron chi connectivity index (χ1n) is 7.46. The Kier molecular flexibility index (Phi) is 5.59. The maximum Gasteiger partial charge on any atom is 0.341 e. The molecule has 1 aromatic heterocycles. The maximum absolute atomic E-state index is 12.1. The van der Waals surface area contributed by atoms with Crippen LogP contribution < -0.4 is 11.1 Å². The molecule has 0 radical (unpaired) electrons.